The number of hydrogen-bond donors (Lipinski definition) is 0. The second-order valence-electron chi connectivity index (χ2n) is 3.75. The number of thioether (sulfide) groups is 1. The van der Waals surface area contributed by atoms with E-state index in [2.05, 4.69) is 0 Å². The Bertz CT molecular complexity index is 445. The summed E-state index contributed by atoms with van der Waals surface area (Å²) in [6.45, 7) is 2.12. The second-order valence-corrected chi connectivity index (χ2v) is 5.29. The SMILES string of the molecule is CC1SC(c2ccc([N+](=O)[O-])cc2)COC1=O. The molecule has 0 aliphatic carbocycles. The van der Waals surface area contributed by atoms with Crippen LogP contribution in [0.3, 0.4) is 0 Å². The predicted molar refractivity (Wildman–Crippen MR) is 63.8 cm³/mol. The lowest BCUT2D eigenvalue weighted by Gasteiger charge is -2.25. The topological polar surface area (TPSA) is 69.4 Å². The van der Waals surface area contributed by atoms with E-state index in [0.29, 0.717) is 6.61 Å². The highest BCUT2D eigenvalue weighted by molar-refractivity contribution is 8.00. The molecule has 0 radical (unpaired) electrons. The largest absolute Gasteiger partial charge is 0.463 e. The van der Waals surface area contributed by atoms with Gasteiger partial charge in [0.15, 0.2) is 0 Å². The van der Waals surface area contributed by atoms with Crippen molar-refractivity contribution in [1.82, 2.24) is 0 Å². The minimum Gasteiger partial charge on any atom is -0.463 e. The summed E-state index contributed by atoms with van der Waals surface area (Å²) in [6, 6.07) is 6.36. The lowest BCUT2D eigenvalue weighted by Crippen LogP contribution is -2.26. The first-order valence-electron chi connectivity index (χ1n) is 5.14. The lowest BCUT2D eigenvalue weighted by molar-refractivity contribution is -0.384. The summed E-state index contributed by atoms with van der Waals surface area (Å²) >= 11 is 1.52. The fourth-order valence-corrected chi connectivity index (χ4v) is 2.73. The molecule has 6 heteroatoms. The van der Waals surface area contributed by atoms with Crippen molar-refractivity contribution in [1.29, 1.82) is 0 Å². The Hall–Kier alpha value is -1.56. The zero-order valence-corrected chi connectivity index (χ0v) is 9.98. The molecule has 0 amide bonds. The van der Waals surface area contributed by atoms with E-state index in [0.717, 1.165) is 5.56 Å². The molecule has 1 aliphatic rings. The van der Waals surface area contributed by atoms with Crippen molar-refractivity contribution < 1.29 is 14.5 Å². The van der Waals surface area contributed by atoms with Crippen molar-refractivity contribution in [2.45, 2.75) is 17.4 Å². The highest BCUT2D eigenvalue weighted by atomic mass is 32.2. The molecule has 17 heavy (non-hydrogen) atoms. The predicted octanol–water partition coefficient (Wildman–Crippen LogP) is 2.31. The Morgan fingerprint density at radius 2 is 2.06 bits per heavy atom. The normalized spacial score (nSPS) is 24.2. The molecule has 1 aliphatic heterocycles. The Balaban J connectivity index is 2.12. The van der Waals surface area contributed by atoms with Gasteiger partial charge >= 0.3 is 5.97 Å². The number of hydrogen-bond acceptors (Lipinski definition) is 5. The first kappa shape index (κ1) is 11.9. The number of non-ortho nitro benzene ring substituents is 1. The maximum Gasteiger partial charge on any atom is 0.318 e. The standard InChI is InChI=1S/C11H11NO4S/c1-7-11(13)16-6-10(17-7)8-2-4-9(5-3-8)12(14)15/h2-5,7,10H,6H2,1H3. The zero-order valence-electron chi connectivity index (χ0n) is 9.16. The van der Waals surface area contributed by atoms with E-state index in [9.17, 15) is 14.9 Å². The van der Waals surface area contributed by atoms with Gasteiger partial charge in [-0.05, 0) is 12.5 Å². The van der Waals surface area contributed by atoms with Crippen molar-refractivity contribution in [3.05, 3.63) is 39.9 Å². The Labute approximate surface area is 102 Å². The number of carbonyl (C=O) groups excluding carboxylic acids is 1. The van der Waals surface area contributed by atoms with Gasteiger partial charge in [-0.25, -0.2) is 0 Å². The van der Waals surface area contributed by atoms with Gasteiger partial charge in [-0.15, -0.1) is 11.8 Å². The summed E-state index contributed by atoms with van der Waals surface area (Å²) in [4.78, 5) is 21.3. The summed E-state index contributed by atoms with van der Waals surface area (Å²) in [7, 11) is 0. The third kappa shape index (κ3) is 2.58. The van der Waals surface area contributed by atoms with E-state index in [4.69, 9.17) is 4.74 Å². The number of nitrogens with zero attached hydrogens (tertiary/aromatic N) is 1. The maximum atomic E-state index is 11.2. The van der Waals surface area contributed by atoms with Crippen LogP contribution in [0.1, 0.15) is 17.7 Å². The lowest BCUT2D eigenvalue weighted by atomic mass is 10.1. The number of ether oxygens (including phenoxy) is 1. The van der Waals surface area contributed by atoms with Gasteiger partial charge in [-0.2, -0.15) is 0 Å². The van der Waals surface area contributed by atoms with Gasteiger partial charge in [0.05, 0.1) is 10.2 Å². The molecule has 1 aromatic carbocycles. The van der Waals surface area contributed by atoms with Crippen molar-refractivity contribution in [2.24, 2.45) is 0 Å². The first-order chi connectivity index (χ1) is 8.08. The van der Waals surface area contributed by atoms with Crippen LogP contribution in [0.5, 0.6) is 0 Å². The molecule has 0 bridgehead atoms. The van der Waals surface area contributed by atoms with Crippen LogP contribution in [-0.2, 0) is 9.53 Å². The molecule has 1 heterocycles. The van der Waals surface area contributed by atoms with E-state index < -0.39 is 4.92 Å². The number of nitro groups is 1. The Morgan fingerprint density at radius 3 is 2.59 bits per heavy atom. The Kier molecular flexibility index (Phi) is 3.33. The molecule has 0 aromatic heterocycles. The Morgan fingerprint density at radius 1 is 1.41 bits per heavy atom. The molecule has 0 spiro atoms. The minimum atomic E-state index is -0.430. The summed E-state index contributed by atoms with van der Waals surface area (Å²) < 4.78 is 5.04. The van der Waals surface area contributed by atoms with Crippen molar-refractivity contribution in [3.63, 3.8) is 0 Å². The van der Waals surface area contributed by atoms with E-state index in [-0.39, 0.29) is 22.2 Å². The number of rotatable bonds is 2. The highest BCUT2D eigenvalue weighted by Gasteiger charge is 2.28. The monoisotopic (exact) mass is 253 g/mol. The van der Waals surface area contributed by atoms with E-state index in [1.54, 1.807) is 19.1 Å². The maximum absolute atomic E-state index is 11.2. The van der Waals surface area contributed by atoms with E-state index in [1.165, 1.54) is 23.9 Å². The summed E-state index contributed by atoms with van der Waals surface area (Å²) in [5, 5.41) is 10.4. The molecule has 1 fully saturated rings. The number of benzene rings is 1. The first-order valence-corrected chi connectivity index (χ1v) is 6.08. The second kappa shape index (κ2) is 4.75. The van der Waals surface area contributed by atoms with Crippen molar-refractivity contribution in [2.75, 3.05) is 6.61 Å². The third-order valence-electron chi connectivity index (χ3n) is 2.55. The average molecular weight is 253 g/mol. The van der Waals surface area contributed by atoms with Crippen molar-refractivity contribution >= 4 is 23.4 Å². The molecule has 1 saturated heterocycles. The zero-order chi connectivity index (χ0) is 12.4. The molecule has 90 valence electrons. The van der Waals surface area contributed by atoms with Crippen LogP contribution in [0.25, 0.3) is 0 Å². The fraction of sp³-hybridized carbons (Fsp3) is 0.364. The summed E-state index contributed by atoms with van der Waals surface area (Å²) in [5.74, 6) is -0.201. The quantitative estimate of drug-likeness (QED) is 0.459. The third-order valence-corrected chi connectivity index (χ3v) is 3.89. The molecule has 2 unspecified atom stereocenters. The summed E-state index contributed by atoms with van der Waals surface area (Å²) in [5.41, 5.74) is 1.01. The smallest absolute Gasteiger partial charge is 0.318 e. The van der Waals surface area contributed by atoms with Crippen molar-refractivity contribution in [3.8, 4) is 0 Å². The van der Waals surface area contributed by atoms with Gasteiger partial charge in [0, 0.05) is 12.1 Å². The molecule has 2 rings (SSSR count). The molecule has 0 saturated carbocycles. The average Bonchev–Trinajstić information content (AvgIpc) is 2.33. The van der Waals surface area contributed by atoms with Gasteiger partial charge in [0.1, 0.15) is 11.9 Å². The van der Waals surface area contributed by atoms with Gasteiger partial charge in [-0.1, -0.05) is 12.1 Å². The molecule has 1 aromatic rings. The molecule has 5 nitrogen and oxygen atoms in total. The molecular weight excluding hydrogens is 242 g/mol. The fourth-order valence-electron chi connectivity index (χ4n) is 1.60. The highest BCUT2D eigenvalue weighted by Crippen LogP contribution is 2.36. The van der Waals surface area contributed by atoms with Gasteiger partial charge in [0.25, 0.3) is 5.69 Å². The van der Waals surface area contributed by atoms with Crippen LogP contribution in [0.2, 0.25) is 0 Å². The van der Waals surface area contributed by atoms with Crippen LogP contribution >= 0.6 is 11.8 Å². The minimum absolute atomic E-state index is 0.0588. The number of cyclic esters (lactones) is 1. The van der Waals surface area contributed by atoms with Gasteiger partial charge < -0.3 is 4.74 Å². The summed E-state index contributed by atoms with van der Waals surface area (Å²) in [6.07, 6.45) is 0. The van der Waals surface area contributed by atoms with Gasteiger partial charge in [0.2, 0.25) is 0 Å². The number of nitro benzene ring substituents is 1. The van der Waals surface area contributed by atoms with Gasteiger partial charge in [-0.3, -0.25) is 14.9 Å². The number of carbonyl (C=O) groups is 1. The van der Waals surface area contributed by atoms with E-state index in [1.807, 2.05) is 0 Å². The van der Waals surface area contributed by atoms with Crippen LogP contribution in [0.15, 0.2) is 24.3 Å². The van der Waals surface area contributed by atoms with Crippen LogP contribution in [-0.4, -0.2) is 22.7 Å². The van der Waals surface area contributed by atoms with E-state index >= 15 is 0 Å². The van der Waals surface area contributed by atoms with Crippen LogP contribution < -0.4 is 0 Å². The molecular formula is C11H11NO4S. The molecule has 0 N–H and O–H groups in total. The molecule has 2 atom stereocenters. The van der Waals surface area contributed by atoms with Crippen LogP contribution in [0.4, 0.5) is 5.69 Å². The number of esters is 1. The van der Waals surface area contributed by atoms with Crippen LogP contribution in [0, 0.1) is 10.1 Å².